The predicted molar refractivity (Wildman–Crippen MR) is 126 cm³/mol. The largest absolute Gasteiger partial charge is 0.493 e. The number of para-hydroxylation sites is 1. The third-order valence-corrected chi connectivity index (χ3v) is 4.77. The molecule has 0 aliphatic carbocycles. The van der Waals surface area contributed by atoms with Crippen molar-refractivity contribution in [3.05, 3.63) is 101 Å². The van der Waals surface area contributed by atoms with Gasteiger partial charge in [-0.3, -0.25) is 4.99 Å². The van der Waals surface area contributed by atoms with Gasteiger partial charge >= 0.3 is 0 Å². The van der Waals surface area contributed by atoms with Crippen LogP contribution in [0.25, 0.3) is 17.7 Å². The average molecular weight is 402 g/mol. The topological polar surface area (TPSA) is 21.6 Å². The van der Waals surface area contributed by atoms with Crippen LogP contribution in [-0.2, 0) is 0 Å². The molecular formula is C26H24ClNO. The minimum Gasteiger partial charge on any atom is -0.493 e. The Balaban J connectivity index is 1.52. The van der Waals surface area contributed by atoms with E-state index in [4.69, 9.17) is 16.3 Å². The molecule has 0 amide bonds. The average Bonchev–Trinajstić information content (AvgIpc) is 2.76. The lowest BCUT2D eigenvalue weighted by Gasteiger charge is -2.07. The van der Waals surface area contributed by atoms with Crippen LogP contribution in [0.2, 0.25) is 5.02 Å². The molecule has 0 radical (unpaired) electrons. The maximum absolute atomic E-state index is 5.94. The third-order valence-electron chi connectivity index (χ3n) is 4.52. The number of aliphatic imine (C=N–C) groups is 1. The molecule has 0 unspecified atom stereocenters. The first kappa shape index (κ1) is 20.6. The van der Waals surface area contributed by atoms with Gasteiger partial charge in [0.2, 0.25) is 0 Å². The Labute approximate surface area is 177 Å². The standard InChI is InChI=1S/C26H24ClNO/c1-20(19-21-10-14-24(27)15-11-21)22-12-16-25(17-13-22)29-18-6-5-8-23-7-3-4-9-26(23)28-2/h3-5,7-17,19H,2,6,18H2,1H3/b8-5-,20-19-. The Bertz CT molecular complexity index is 1000. The molecular weight excluding hydrogens is 378 g/mol. The van der Waals surface area contributed by atoms with E-state index in [1.165, 1.54) is 11.1 Å². The van der Waals surface area contributed by atoms with E-state index in [1.807, 2.05) is 60.7 Å². The van der Waals surface area contributed by atoms with Gasteiger partial charge in [-0.1, -0.05) is 72.3 Å². The van der Waals surface area contributed by atoms with E-state index in [0.717, 1.165) is 34.0 Å². The fourth-order valence-corrected chi connectivity index (χ4v) is 3.06. The maximum Gasteiger partial charge on any atom is 0.119 e. The summed E-state index contributed by atoms with van der Waals surface area (Å²) in [6.45, 7) is 6.33. The van der Waals surface area contributed by atoms with Crippen molar-refractivity contribution in [2.24, 2.45) is 4.99 Å². The molecule has 3 heteroatoms. The zero-order chi connectivity index (χ0) is 20.5. The fourth-order valence-electron chi connectivity index (χ4n) is 2.93. The molecule has 0 fully saturated rings. The normalized spacial score (nSPS) is 11.6. The zero-order valence-corrected chi connectivity index (χ0v) is 17.3. The van der Waals surface area contributed by atoms with Gasteiger partial charge in [0.1, 0.15) is 5.75 Å². The zero-order valence-electron chi connectivity index (χ0n) is 16.5. The first-order valence-corrected chi connectivity index (χ1v) is 9.93. The molecule has 3 rings (SSSR count). The molecule has 0 heterocycles. The summed E-state index contributed by atoms with van der Waals surface area (Å²) in [5, 5.41) is 0.748. The van der Waals surface area contributed by atoms with Crippen molar-refractivity contribution in [1.29, 1.82) is 0 Å². The summed E-state index contributed by atoms with van der Waals surface area (Å²) in [4.78, 5) is 4.03. The monoisotopic (exact) mass is 401 g/mol. The SMILES string of the molecule is C=Nc1ccccc1/C=C\CCOc1ccc(/C(C)=C\c2ccc(Cl)cc2)cc1. The second kappa shape index (κ2) is 10.4. The van der Waals surface area contributed by atoms with Crippen LogP contribution in [0.1, 0.15) is 30.0 Å². The van der Waals surface area contributed by atoms with Gasteiger partial charge in [0.15, 0.2) is 0 Å². The Hall–Kier alpha value is -3.10. The van der Waals surface area contributed by atoms with Crippen LogP contribution in [0.4, 0.5) is 5.69 Å². The highest BCUT2D eigenvalue weighted by Gasteiger charge is 1.99. The van der Waals surface area contributed by atoms with E-state index in [0.29, 0.717) is 6.61 Å². The number of benzene rings is 3. The molecule has 0 bridgehead atoms. The first-order valence-electron chi connectivity index (χ1n) is 9.55. The molecule has 0 N–H and O–H groups in total. The van der Waals surface area contributed by atoms with Crippen molar-refractivity contribution in [2.75, 3.05) is 6.61 Å². The highest BCUT2D eigenvalue weighted by Crippen LogP contribution is 2.22. The van der Waals surface area contributed by atoms with Crippen molar-refractivity contribution < 1.29 is 4.74 Å². The second-order valence-corrected chi connectivity index (χ2v) is 7.10. The summed E-state index contributed by atoms with van der Waals surface area (Å²) in [5.74, 6) is 0.870. The number of allylic oxidation sites excluding steroid dienone is 1. The molecule has 2 nitrogen and oxygen atoms in total. The van der Waals surface area contributed by atoms with Gasteiger partial charge in [-0.05, 0) is 72.7 Å². The number of nitrogens with zero attached hydrogens (tertiary/aromatic N) is 1. The van der Waals surface area contributed by atoms with Crippen molar-refractivity contribution in [3.8, 4) is 5.75 Å². The number of hydrogen-bond acceptors (Lipinski definition) is 2. The summed E-state index contributed by atoms with van der Waals surface area (Å²) in [6, 6.07) is 23.9. The molecule has 29 heavy (non-hydrogen) atoms. The lowest BCUT2D eigenvalue weighted by Crippen LogP contribution is -1.95. The predicted octanol–water partition coefficient (Wildman–Crippen LogP) is 7.71. The lowest BCUT2D eigenvalue weighted by molar-refractivity contribution is 0.325. The number of halogens is 1. The van der Waals surface area contributed by atoms with Gasteiger partial charge in [-0.15, -0.1) is 0 Å². The fraction of sp³-hybridized carbons (Fsp3) is 0.115. The van der Waals surface area contributed by atoms with Crippen LogP contribution in [0.15, 0.2) is 83.9 Å². The van der Waals surface area contributed by atoms with Crippen LogP contribution < -0.4 is 4.74 Å². The van der Waals surface area contributed by atoms with Crippen LogP contribution in [0.5, 0.6) is 5.75 Å². The summed E-state index contributed by atoms with van der Waals surface area (Å²) in [6.07, 6.45) is 7.12. The number of ether oxygens (including phenoxy) is 1. The van der Waals surface area contributed by atoms with Gasteiger partial charge in [0, 0.05) is 5.02 Å². The van der Waals surface area contributed by atoms with Crippen LogP contribution >= 0.6 is 11.6 Å². The van der Waals surface area contributed by atoms with E-state index in [9.17, 15) is 0 Å². The highest BCUT2D eigenvalue weighted by molar-refractivity contribution is 6.30. The summed E-state index contributed by atoms with van der Waals surface area (Å²) in [7, 11) is 0. The maximum atomic E-state index is 5.94. The quantitative estimate of drug-likeness (QED) is 0.215. The van der Waals surface area contributed by atoms with Crippen molar-refractivity contribution in [3.63, 3.8) is 0 Å². The first-order chi connectivity index (χ1) is 14.2. The summed E-state index contributed by atoms with van der Waals surface area (Å²) in [5.41, 5.74) is 5.45. The Kier molecular flexibility index (Phi) is 7.43. The van der Waals surface area contributed by atoms with Gasteiger partial charge < -0.3 is 4.74 Å². The molecule has 0 saturated heterocycles. The molecule has 146 valence electrons. The molecule has 0 saturated carbocycles. The van der Waals surface area contributed by atoms with Crippen LogP contribution in [0.3, 0.4) is 0 Å². The minimum atomic E-state index is 0.624. The Morgan fingerprint density at radius 1 is 1.00 bits per heavy atom. The number of hydrogen-bond donors (Lipinski definition) is 0. The molecule has 0 aromatic heterocycles. The summed E-state index contributed by atoms with van der Waals surface area (Å²) < 4.78 is 5.85. The van der Waals surface area contributed by atoms with Crippen molar-refractivity contribution in [2.45, 2.75) is 13.3 Å². The van der Waals surface area contributed by atoms with E-state index < -0.39 is 0 Å². The van der Waals surface area contributed by atoms with Gasteiger partial charge in [-0.2, -0.15) is 0 Å². The van der Waals surface area contributed by atoms with E-state index in [1.54, 1.807) is 0 Å². The minimum absolute atomic E-state index is 0.624. The Morgan fingerprint density at radius 2 is 1.72 bits per heavy atom. The highest BCUT2D eigenvalue weighted by atomic mass is 35.5. The van der Waals surface area contributed by atoms with E-state index >= 15 is 0 Å². The molecule has 0 aliphatic heterocycles. The molecule has 0 spiro atoms. The third kappa shape index (κ3) is 6.20. The second-order valence-electron chi connectivity index (χ2n) is 6.66. The van der Waals surface area contributed by atoms with E-state index in [-0.39, 0.29) is 0 Å². The van der Waals surface area contributed by atoms with Crippen molar-refractivity contribution >= 4 is 41.7 Å². The molecule has 0 atom stereocenters. The van der Waals surface area contributed by atoms with Gasteiger partial charge in [-0.25, -0.2) is 0 Å². The van der Waals surface area contributed by atoms with Crippen LogP contribution in [-0.4, -0.2) is 13.3 Å². The Morgan fingerprint density at radius 3 is 2.45 bits per heavy atom. The number of rotatable bonds is 8. The lowest BCUT2D eigenvalue weighted by atomic mass is 10.0. The van der Waals surface area contributed by atoms with Gasteiger partial charge in [0.05, 0.1) is 12.3 Å². The molecule has 3 aromatic rings. The molecule has 3 aromatic carbocycles. The van der Waals surface area contributed by atoms with Crippen molar-refractivity contribution in [1.82, 2.24) is 0 Å². The van der Waals surface area contributed by atoms with Crippen LogP contribution in [0, 0.1) is 0 Å². The summed E-state index contributed by atoms with van der Waals surface area (Å²) >= 11 is 5.94. The smallest absolute Gasteiger partial charge is 0.119 e. The van der Waals surface area contributed by atoms with Gasteiger partial charge in [0.25, 0.3) is 0 Å². The molecule has 0 aliphatic rings. The van der Waals surface area contributed by atoms with E-state index in [2.05, 4.69) is 49.0 Å².